The van der Waals surface area contributed by atoms with Crippen LogP contribution in [0.5, 0.6) is 0 Å². The topological polar surface area (TPSA) is 106 Å². The summed E-state index contributed by atoms with van der Waals surface area (Å²) in [5, 5.41) is 20.9. The van der Waals surface area contributed by atoms with Gasteiger partial charge in [0, 0.05) is 0 Å². The number of ether oxygens (including phenoxy) is 3. The lowest BCUT2D eigenvalue weighted by atomic mass is 9.92. The zero-order chi connectivity index (χ0) is 18.9. The maximum Gasteiger partial charge on any atom is 0.412 e. The monoisotopic (exact) mass is 347 g/mol. The van der Waals surface area contributed by atoms with Crippen LogP contribution < -0.4 is 0 Å². The molecule has 1 amide bonds. The van der Waals surface area contributed by atoms with E-state index in [2.05, 4.69) is 0 Å². The minimum atomic E-state index is -2.19. The van der Waals surface area contributed by atoms with Crippen molar-refractivity contribution in [1.29, 1.82) is 0 Å². The summed E-state index contributed by atoms with van der Waals surface area (Å²) in [6.07, 6.45) is -2.31. The Hall–Kier alpha value is -1.38. The SMILES string of the molecule is CCOC(=O)[C@](C)(O)[C@H](O)[C@H]1COC(C)(C)N1C(=O)OC(C)(C)C. The quantitative estimate of drug-likeness (QED) is 0.732. The second kappa shape index (κ2) is 6.85. The maximum atomic E-state index is 12.5. The first-order valence-electron chi connectivity index (χ1n) is 7.98. The number of carbonyl (C=O) groups excluding carboxylic acids is 2. The first-order valence-corrected chi connectivity index (χ1v) is 7.98. The molecule has 8 heteroatoms. The summed E-state index contributed by atoms with van der Waals surface area (Å²) in [6.45, 7) is 11.2. The minimum Gasteiger partial charge on any atom is -0.464 e. The lowest BCUT2D eigenvalue weighted by molar-refractivity contribution is -0.179. The highest BCUT2D eigenvalue weighted by molar-refractivity contribution is 5.80. The van der Waals surface area contributed by atoms with Gasteiger partial charge in [-0.15, -0.1) is 0 Å². The Bertz CT molecular complexity index is 481. The van der Waals surface area contributed by atoms with Crippen LogP contribution in [0.2, 0.25) is 0 Å². The fourth-order valence-corrected chi connectivity index (χ4v) is 2.50. The summed E-state index contributed by atoms with van der Waals surface area (Å²) in [4.78, 5) is 25.7. The molecule has 0 aromatic heterocycles. The van der Waals surface area contributed by atoms with Gasteiger partial charge in [0.15, 0.2) is 5.60 Å². The first kappa shape index (κ1) is 20.7. The average molecular weight is 347 g/mol. The van der Waals surface area contributed by atoms with Gasteiger partial charge in [0.2, 0.25) is 0 Å². The number of esters is 1. The Morgan fingerprint density at radius 1 is 1.33 bits per heavy atom. The number of aliphatic hydroxyl groups is 2. The van der Waals surface area contributed by atoms with Gasteiger partial charge in [-0.2, -0.15) is 0 Å². The second-order valence-corrected chi connectivity index (χ2v) is 7.49. The van der Waals surface area contributed by atoms with Crippen molar-refractivity contribution in [2.75, 3.05) is 13.2 Å². The average Bonchev–Trinajstić information content (AvgIpc) is 2.71. The maximum absolute atomic E-state index is 12.5. The number of hydrogen-bond acceptors (Lipinski definition) is 7. The van der Waals surface area contributed by atoms with Crippen LogP contribution in [0, 0.1) is 0 Å². The van der Waals surface area contributed by atoms with E-state index in [1.165, 1.54) is 4.90 Å². The smallest absolute Gasteiger partial charge is 0.412 e. The Labute approximate surface area is 142 Å². The third-order valence-electron chi connectivity index (χ3n) is 3.74. The summed E-state index contributed by atoms with van der Waals surface area (Å²) in [6, 6.07) is -0.964. The normalized spacial score (nSPS) is 24.2. The molecular formula is C16H29NO7. The van der Waals surface area contributed by atoms with Crippen molar-refractivity contribution < 1.29 is 34.0 Å². The summed E-state index contributed by atoms with van der Waals surface area (Å²) in [7, 11) is 0. The van der Waals surface area contributed by atoms with Crippen molar-refractivity contribution in [3.63, 3.8) is 0 Å². The van der Waals surface area contributed by atoms with Gasteiger partial charge in [-0.3, -0.25) is 4.90 Å². The molecular weight excluding hydrogens is 318 g/mol. The van der Waals surface area contributed by atoms with Crippen LogP contribution in [0.4, 0.5) is 4.79 Å². The Kier molecular flexibility index (Phi) is 5.90. The number of aliphatic hydroxyl groups excluding tert-OH is 1. The molecule has 0 saturated carbocycles. The number of carbonyl (C=O) groups is 2. The summed E-state index contributed by atoms with van der Waals surface area (Å²) in [5.41, 5.74) is -3.99. The fraction of sp³-hybridized carbons (Fsp3) is 0.875. The molecule has 1 aliphatic heterocycles. The fourth-order valence-electron chi connectivity index (χ4n) is 2.50. The molecule has 1 rings (SSSR count). The predicted molar refractivity (Wildman–Crippen MR) is 85.2 cm³/mol. The molecule has 0 unspecified atom stereocenters. The number of rotatable bonds is 4. The Morgan fingerprint density at radius 3 is 2.33 bits per heavy atom. The van der Waals surface area contributed by atoms with E-state index in [1.54, 1.807) is 41.5 Å². The van der Waals surface area contributed by atoms with Crippen molar-refractivity contribution in [2.24, 2.45) is 0 Å². The van der Waals surface area contributed by atoms with Gasteiger partial charge >= 0.3 is 12.1 Å². The van der Waals surface area contributed by atoms with Crippen LogP contribution in [0.3, 0.4) is 0 Å². The molecule has 1 fully saturated rings. The molecule has 0 aromatic carbocycles. The van der Waals surface area contributed by atoms with Gasteiger partial charge in [-0.1, -0.05) is 0 Å². The molecule has 0 bridgehead atoms. The first-order chi connectivity index (χ1) is 10.7. The number of amides is 1. The van der Waals surface area contributed by atoms with Gasteiger partial charge in [0.25, 0.3) is 0 Å². The lowest BCUT2D eigenvalue weighted by Gasteiger charge is -2.39. The van der Waals surface area contributed by atoms with E-state index in [1.807, 2.05) is 0 Å². The van der Waals surface area contributed by atoms with Crippen LogP contribution in [0.15, 0.2) is 0 Å². The predicted octanol–water partition coefficient (Wildman–Crippen LogP) is 1.03. The van der Waals surface area contributed by atoms with E-state index in [0.29, 0.717) is 0 Å². The lowest BCUT2D eigenvalue weighted by Crippen LogP contribution is -2.61. The molecule has 3 atom stereocenters. The molecule has 8 nitrogen and oxygen atoms in total. The zero-order valence-corrected chi connectivity index (χ0v) is 15.5. The van der Waals surface area contributed by atoms with E-state index in [9.17, 15) is 19.8 Å². The molecule has 0 spiro atoms. The van der Waals surface area contributed by atoms with Crippen LogP contribution in [0.1, 0.15) is 48.5 Å². The Balaban J connectivity index is 3.08. The number of nitrogens with zero attached hydrogens (tertiary/aromatic N) is 1. The van der Waals surface area contributed by atoms with Crippen LogP contribution in [-0.2, 0) is 19.0 Å². The van der Waals surface area contributed by atoms with Crippen molar-refractivity contribution >= 4 is 12.1 Å². The van der Waals surface area contributed by atoms with Crippen molar-refractivity contribution in [3.8, 4) is 0 Å². The third-order valence-corrected chi connectivity index (χ3v) is 3.74. The minimum absolute atomic E-state index is 0.0526. The van der Waals surface area contributed by atoms with E-state index >= 15 is 0 Å². The highest BCUT2D eigenvalue weighted by atomic mass is 16.6. The number of hydrogen-bond donors (Lipinski definition) is 2. The van der Waals surface area contributed by atoms with Crippen LogP contribution >= 0.6 is 0 Å². The summed E-state index contributed by atoms with van der Waals surface area (Å²) < 4.78 is 15.7. The van der Waals surface area contributed by atoms with Crippen LogP contribution in [-0.4, -0.2) is 69.5 Å². The van der Waals surface area contributed by atoms with Gasteiger partial charge in [0.05, 0.1) is 19.3 Å². The van der Waals surface area contributed by atoms with Crippen molar-refractivity contribution in [1.82, 2.24) is 4.90 Å². The van der Waals surface area contributed by atoms with E-state index in [0.717, 1.165) is 6.92 Å². The summed E-state index contributed by atoms with van der Waals surface area (Å²) in [5.74, 6) is -0.966. The van der Waals surface area contributed by atoms with Gasteiger partial charge in [-0.05, 0) is 48.5 Å². The molecule has 0 aromatic rings. The Morgan fingerprint density at radius 2 is 1.88 bits per heavy atom. The van der Waals surface area contributed by atoms with Crippen molar-refractivity contribution in [3.05, 3.63) is 0 Å². The van der Waals surface area contributed by atoms with E-state index in [-0.39, 0.29) is 13.2 Å². The van der Waals surface area contributed by atoms with Gasteiger partial charge < -0.3 is 24.4 Å². The van der Waals surface area contributed by atoms with E-state index in [4.69, 9.17) is 14.2 Å². The highest BCUT2D eigenvalue weighted by Crippen LogP contribution is 2.33. The molecule has 1 heterocycles. The molecule has 140 valence electrons. The van der Waals surface area contributed by atoms with Gasteiger partial charge in [-0.25, -0.2) is 9.59 Å². The second-order valence-electron chi connectivity index (χ2n) is 7.49. The van der Waals surface area contributed by atoms with Gasteiger partial charge in [0.1, 0.15) is 17.4 Å². The van der Waals surface area contributed by atoms with Crippen molar-refractivity contribution in [2.45, 2.75) is 77.5 Å². The molecule has 0 aliphatic carbocycles. The molecule has 2 N–H and O–H groups in total. The van der Waals surface area contributed by atoms with E-state index < -0.39 is 41.1 Å². The molecule has 1 aliphatic rings. The zero-order valence-electron chi connectivity index (χ0n) is 15.5. The standard InChI is InChI=1S/C16H29NO7/c1-8-22-12(19)16(7,21)11(18)10-9-23-15(5,6)17(10)13(20)24-14(2,3)4/h10-11,18,21H,8-9H2,1-7H3/t10-,11-,16-/m1/s1. The summed E-state index contributed by atoms with van der Waals surface area (Å²) >= 11 is 0. The third kappa shape index (κ3) is 4.37. The van der Waals surface area contributed by atoms with Crippen LogP contribution in [0.25, 0.3) is 0 Å². The molecule has 1 saturated heterocycles. The largest absolute Gasteiger partial charge is 0.464 e. The molecule has 0 radical (unpaired) electrons. The molecule has 24 heavy (non-hydrogen) atoms. The highest BCUT2D eigenvalue weighted by Gasteiger charge is 2.54.